The number of nitrogens with one attached hydrogen (secondary N) is 1. The number of carbonyl (C=O) groups is 3. The maximum atomic E-state index is 11.9. The second kappa shape index (κ2) is 7.56. The Morgan fingerprint density at radius 1 is 1.27 bits per heavy atom. The lowest BCUT2D eigenvalue weighted by molar-refractivity contribution is -0.142. The van der Waals surface area contributed by atoms with Crippen molar-refractivity contribution in [3.8, 4) is 0 Å². The molecule has 0 spiro atoms. The van der Waals surface area contributed by atoms with Crippen LogP contribution in [-0.4, -0.2) is 49.2 Å². The van der Waals surface area contributed by atoms with Gasteiger partial charge in [0.25, 0.3) is 5.91 Å². The molecule has 2 amide bonds. The van der Waals surface area contributed by atoms with Crippen molar-refractivity contribution in [2.24, 2.45) is 0 Å². The third-order valence-corrected chi connectivity index (χ3v) is 3.27. The van der Waals surface area contributed by atoms with Gasteiger partial charge in [-0.05, 0) is 30.7 Å². The molecule has 0 aromatic heterocycles. The summed E-state index contributed by atoms with van der Waals surface area (Å²) in [4.78, 5) is 35.5. The molecule has 0 aliphatic carbocycles. The average Bonchev–Trinajstić information content (AvgIpc) is 2.92. The molecule has 0 bridgehead atoms. The first-order valence-corrected chi connectivity index (χ1v) is 7.06. The van der Waals surface area contributed by atoms with Crippen LogP contribution in [-0.2, 0) is 14.3 Å². The number of hydrogen-bond donors (Lipinski definition) is 2. The number of ether oxygens (including phenoxy) is 1. The molecule has 1 aromatic rings. The molecule has 0 unspecified atom stereocenters. The summed E-state index contributed by atoms with van der Waals surface area (Å²) in [5.41, 5.74) is 1.28. The van der Waals surface area contributed by atoms with E-state index in [1.807, 2.05) is 0 Å². The van der Waals surface area contributed by atoms with Crippen LogP contribution in [0.1, 0.15) is 23.2 Å². The Morgan fingerprint density at radius 3 is 2.59 bits per heavy atom. The third-order valence-electron chi connectivity index (χ3n) is 3.27. The lowest BCUT2D eigenvalue weighted by Gasteiger charge is -2.15. The number of rotatable bonds is 7. The fourth-order valence-electron chi connectivity index (χ4n) is 2.21. The number of benzene rings is 1. The van der Waals surface area contributed by atoms with Gasteiger partial charge in [-0.1, -0.05) is 0 Å². The Morgan fingerprint density at radius 2 is 2.00 bits per heavy atom. The lowest BCUT2D eigenvalue weighted by atomic mass is 10.2. The number of nitrogens with zero attached hydrogens (tertiary/aromatic N) is 1. The van der Waals surface area contributed by atoms with Crippen LogP contribution in [0.4, 0.5) is 5.69 Å². The van der Waals surface area contributed by atoms with E-state index in [0.717, 1.165) is 12.1 Å². The zero-order chi connectivity index (χ0) is 15.9. The molecule has 2 rings (SSSR count). The Labute approximate surface area is 127 Å². The van der Waals surface area contributed by atoms with E-state index in [1.54, 1.807) is 29.2 Å². The van der Waals surface area contributed by atoms with Crippen molar-refractivity contribution in [3.05, 3.63) is 29.8 Å². The van der Waals surface area contributed by atoms with E-state index in [1.165, 1.54) is 0 Å². The minimum absolute atomic E-state index is 0.104. The van der Waals surface area contributed by atoms with Crippen molar-refractivity contribution in [1.29, 1.82) is 0 Å². The van der Waals surface area contributed by atoms with Crippen LogP contribution in [0.3, 0.4) is 0 Å². The highest BCUT2D eigenvalue weighted by Crippen LogP contribution is 2.21. The van der Waals surface area contributed by atoms with Gasteiger partial charge in [0.05, 0.1) is 6.61 Å². The predicted molar refractivity (Wildman–Crippen MR) is 78.8 cm³/mol. The normalized spacial score (nSPS) is 14.2. The number of carbonyl (C=O) groups excluding carboxylic acids is 2. The predicted octanol–water partition coefficient (Wildman–Crippen LogP) is 0.644. The molecule has 1 fully saturated rings. The van der Waals surface area contributed by atoms with Crippen LogP contribution >= 0.6 is 0 Å². The molecule has 1 aliphatic rings. The summed E-state index contributed by atoms with van der Waals surface area (Å²) in [5, 5.41) is 11.0. The van der Waals surface area contributed by atoms with Gasteiger partial charge in [0, 0.05) is 30.8 Å². The number of amides is 2. The van der Waals surface area contributed by atoms with Crippen LogP contribution in [0.2, 0.25) is 0 Å². The summed E-state index contributed by atoms with van der Waals surface area (Å²) < 4.78 is 4.82. The summed E-state index contributed by atoms with van der Waals surface area (Å²) in [6.07, 6.45) is 1.43. The molecule has 22 heavy (non-hydrogen) atoms. The number of carboxylic acid groups (broad SMARTS) is 1. The fraction of sp³-hybridized carbons (Fsp3) is 0.400. The summed E-state index contributed by atoms with van der Waals surface area (Å²) >= 11 is 0. The van der Waals surface area contributed by atoms with E-state index in [9.17, 15) is 14.4 Å². The maximum Gasteiger partial charge on any atom is 0.329 e. The number of carboxylic acids is 1. The average molecular weight is 306 g/mol. The van der Waals surface area contributed by atoms with Crippen molar-refractivity contribution in [1.82, 2.24) is 5.32 Å². The van der Waals surface area contributed by atoms with Crippen molar-refractivity contribution in [3.63, 3.8) is 0 Å². The van der Waals surface area contributed by atoms with Crippen molar-refractivity contribution < 1.29 is 24.2 Å². The van der Waals surface area contributed by atoms with Crippen molar-refractivity contribution >= 4 is 23.5 Å². The van der Waals surface area contributed by atoms with Crippen LogP contribution < -0.4 is 10.2 Å². The van der Waals surface area contributed by atoms with Gasteiger partial charge in [-0.3, -0.25) is 9.59 Å². The van der Waals surface area contributed by atoms with Crippen molar-refractivity contribution in [2.45, 2.75) is 12.8 Å². The second-order valence-corrected chi connectivity index (χ2v) is 4.90. The van der Waals surface area contributed by atoms with Crippen LogP contribution in [0, 0.1) is 0 Å². The molecule has 2 N–H and O–H groups in total. The summed E-state index contributed by atoms with van der Waals surface area (Å²) in [6.45, 7) is 0.705. The molecule has 0 atom stereocenters. The zero-order valence-electron chi connectivity index (χ0n) is 12.1. The minimum atomic E-state index is -1.04. The monoisotopic (exact) mass is 306 g/mol. The third kappa shape index (κ3) is 4.29. The number of aliphatic carboxylic acids is 1. The van der Waals surface area contributed by atoms with Crippen LogP contribution in [0.15, 0.2) is 24.3 Å². The molecule has 1 aromatic carbocycles. The lowest BCUT2D eigenvalue weighted by Crippen LogP contribution is -2.28. The van der Waals surface area contributed by atoms with Gasteiger partial charge in [0.2, 0.25) is 5.91 Å². The Bertz CT molecular complexity index is 556. The standard InChI is InChI=1S/C15H18N2O5/c18-13-2-1-8-17(13)12-5-3-11(4-6-12)15(21)16-7-9-22-10-14(19)20/h3-6H,1-2,7-10H2,(H,16,21)(H,19,20). The summed E-state index contributed by atoms with van der Waals surface area (Å²) in [7, 11) is 0. The van der Waals surface area contributed by atoms with Crippen LogP contribution in [0.25, 0.3) is 0 Å². The molecule has 7 nitrogen and oxygen atoms in total. The largest absolute Gasteiger partial charge is 0.480 e. The van der Waals surface area contributed by atoms with Gasteiger partial charge >= 0.3 is 5.97 Å². The zero-order valence-corrected chi connectivity index (χ0v) is 12.1. The van der Waals surface area contributed by atoms with Gasteiger partial charge < -0.3 is 20.1 Å². The van der Waals surface area contributed by atoms with E-state index in [-0.39, 0.29) is 31.6 Å². The first-order chi connectivity index (χ1) is 10.6. The van der Waals surface area contributed by atoms with Gasteiger partial charge in [0.15, 0.2) is 0 Å². The van der Waals surface area contributed by atoms with Gasteiger partial charge in [-0.15, -0.1) is 0 Å². The maximum absolute atomic E-state index is 11.9. The van der Waals surface area contributed by atoms with Crippen LogP contribution in [0.5, 0.6) is 0 Å². The first kappa shape index (κ1) is 16.0. The highest BCUT2D eigenvalue weighted by atomic mass is 16.5. The number of hydrogen-bond acceptors (Lipinski definition) is 4. The topological polar surface area (TPSA) is 95.9 Å². The molecule has 118 valence electrons. The summed E-state index contributed by atoms with van der Waals surface area (Å²) in [5.74, 6) is -1.20. The van der Waals surface area contributed by atoms with Gasteiger partial charge in [-0.2, -0.15) is 0 Å². The van der Waals surface area contributed by atoms with E-state index in [0.29, 0.717) is 18.5 Å². The van der Waals surface area contributed by atoms with Gasteiger partial charge in [0.1, 0.15) is 6.61 Å². The Kier molecular flexibility index (Phi) is 5.48. The van der Waals surface area contributed by atoms with E-state index in [2.05, 4.69) is 5.32 Å². The van der Waals surface area contributed by atoms with Crippen molar-refractivity contribution in [2.75, 3.05) is 31.2 Å². The summed E-state index contributed by atoms with van der Waals surface area (Å²) in [6, 6.07) is 6.82. The molecule has 1 heterocycles. The first-order valence-electron chi connectivity index (χ1n) is 7.06. The molecule has 1 saturated heterocycles. The molecule has 0 radical (unpaired) electrons. The number of anilines is 1. The molecular weight excluding hydrogens is 288 g/mol. The Balaban J connectivity index is 1.81. The van der Waals surface area contributed by atoms with E-state index in [4.69, 9.17) is 9.84 Å². The smallest absolute Gasteiger partial charge is 0.329 e. The van der Waals surface area contributed by atoms with E-state index >= 15 is 0 Å². The Hall–Kier alpha value is -2.41. The molecule has 1 aliphatic heterocycles. The molecule has 7 heteroatoms. The van der Waals surface area contributed by atoms with Gasteiger partial charge in [-0.25, -0.2) is 4.79 Å². The highest BCUT2D eigenvalue weighted by molar-refractivity contribution is 5.97. The molecular formula is C15H18N2O5. The van der Waals surface area contributed by atoms with E-state index < -0.39 is 5.97 Å². The fourth-order valence-corrected chi connectivity index (χ4v) is 2.21. The highest BCUT2D eigenvalue weighted by Gasteiger charge is 2.21. The second-order valence-electron chi connectivity index (χ2n) is 4.90. The SMILES string of the molecule is O=C(O)COCCNC(=O)c1ccc(N2CCCC2=O)cc1. The molecule has 0 saturated carbocycles. The minimum Gasteiger partial charge on any atom is -0.480 e. The quantitative estimate of drug-likeness (QED) is 0.721.